The first-order valence-electron chi connectivity index (χ1n) is 11.2. The monoisotopic (exact) mass is 474 g/mol. The fourth-order valence-corrected chi connectivity index (χ4v) is 5.58. The van der Waals surface area contributed by atoms with Crippen molar-refractivity contribution < 1.29 is 19.1 Å². The maximum atomic E-state index is 14.9. The lowest BCUT2D eigenvalue weighted by molar-refractivity contribution is -0.142. The second-order valence-corrected chi connectivity index (χ2v) is 9.76. The SMILES string of the molecule is Cc1ccc2nc(Nc3ccc(-c4ccc(C(=O)[C@@H]5CCC[C@H]5C(=O)O)cc4)cc3F)sc2c1. The molecule has 1 saturated carbocycles. The molecule has 2 N–H and O–H groups in total. The molecule has 3 aromatic carbocycles. The molecule has 0 amide bonds. The van der Waals surface area contributed by atoms with Crippen molar-refractivity contribution in [2.24, 2.45) is 11.8 Å². The number of fused-ring (bicyclic) bond motifs is 1. The minimum absolute atomic E-state index is 0.131. The van der Waals surface area contributed by atoms with E-state index in [4.69, 9.17) is 0 Å². The summed E-state index contributed by atoms with van der Waals surface area (Å²) in [6.07, 6.45) is 1.90. The molecule has 0 unspecified atom stereocenters. The predicted molar refractivity (Wildman–Crippen MR) is 132 cm³/mol. The second-order valence-electron chi connectivity index (χ2n) is 8.73. The van der Waals surface area contributed by atoms with Crippen molar-refractivity contribution in [2.45, 2.75) is 26.2 Å². The van der Waals surface area contributed by atoms with E-state index in [-0.39, 0.29) is 5.78 Å². The van der Waals surface area contributed by atoms with E-state index in [1.807, 2.05) is 25.1 Å². The maximum Gasteiger partial charge on any atom is 0.307 e. The minimum Gasteiger partial charge on any atom is -0.481 e. The number of nitrogens with one attached hydrogen (secondary N) is 1. The molecule has 1 fully saturated rings. The van der Waals surface area contributed by atoms with Crippen molar-refractivity contribution >= 4 is 44.1 Å². The van der Waals surface area contributed by atoms with Crippen LogP contribution in [-0.4, -0.2) is 21.8 Å². The smallest absolute Gasteiger partial charge is 0.307 e. The number of anilines is 2. The molecule has 0 bridgehead atoms. The number of aliphatic carboxylic acids is 1. The Bertz CT molecular complexity index is 1400. The first-order valence-corrected chi connectivity index (χ1v) is 12.0. The summed E-state index contributed by atoms with van der Waals surface area (Å²) < 4.78 is 15.9. The molecular formula is C27H23FN2O3S. The Labute approximate surface area is 200 Å². The Balaban J connectivity index is 1.32. The van der Waals surface area contributed by atoms with Crippen LogP contribution in [0.2, 0.25) is 0 Å². The largest absolute Gasteiger partial charge is 0.481 e. The van der Waals surface area contributed by atoms with Crippen molar-refractivity contribution in [1.82, 2.24) is 4.98 Å². The van der Waals surface area contributed by atoms with Gasteiger partial charge in [0, 0.05) is 11.5 Å². The zero-order valence-electron chi connectivity index (χ0n) is 18.5. The quantitative estimate of drug-likeness (QED) is 0.299. The van der Waals surface area contributed by atoms with Crippen LogP contribution in [-0.2, 0) is 4.79 Å². The number of rotatable bonds is 6. The van der Waals surface area contributed by atoms with Crippen molar-refractivity contribution in [2.75, 3.05) is 5.32 Å². The van der Waals surface area contributed by atoms with Crippen molar-refractivity contribution in [1.29, 1.82) is 0 Å². The topological polar surface area (TPSA) is 79.3 Å². The summed E-state index contributed by atoms with van der Waals surface area (Å²) >= 11 is 1.47. The van der Waals surface area contributed by atoms with E-state index in [0.717, 1.165) is 27.8 Å². The molecule has 5 nitrogen and oxygen atoms in total. The zero-order valence-corrected chi connectivity index (χ0v) is 19.4. The standard InChI is InChI=1S/C27H23FN2O3S/c1-15-5-11-23-24(13-15)34-27(30-23)29-22-12-10-18(14-21(22)28)16-6-8-17(9-7-16)25(31)19-3-2-4-20(19)26(32)33/h5-14,19-20H,2-4H2,1H3,(H,29,30)(H,32,33)/t19-,20-/m1/s1. The number of aryl methyl sites for hydroxylation is 1. The average molecular weight is 475 g/mol. The molecule has 0 spiro atoms. The van der Waals surface area contributed by atoms with Gasteiger partial charge in [0.25, 0.3) is 0 Å². The highest BCUT2D eigenvalue weighted by Crippen LogP contribution is 2.35. The summed E-state index contributed by atoms with van der Waals surface area (Å²) in [7, 11) is 0. The number of ketones is 1. The van der Waals surface area contributed by atoms with Crippen LogP contribution in [0.4, 0.5) is 15.2 Å². The van der Waals surface area contributed by atoms with E-state index in [2.05, 4.69) is 16.4 Å². The van der Waals surface area contributed by atoms with Crippen LogP contribution in [0.1, 0.15) is 35.2 Å². The Morgan fingerprint density at radius 3 is 2.47 bits per heavy atom. The Hall–Kier alpha value is -3.58. The number of aromatic nitrogens is 1. The summed E-state index contributed by atoms with van der Waals surface area (Å²) in [5.74, 6) is -2.52. The van der Waals surface area contributed by atoms with Gasteiger partial charge in [0.1, 0.15) is 5.82 Å². The van der Waals surface area contributed by atoms with E-state index in [1.165, 1.54) is 17.4 Å². The normalized spacial score (nSPS) is 17.7. The molecule has 0 saturated heterocycles. The molecule has 1 heterocycles. The van der Waals surface area contributed by atoms with Crippen molar-refractivity contribution in [3.05, 3.63) is 77.6 Å². The van der Waals surface area contributed by atoms with Crippen LogP contribution < -0.4 is 5.32 Å². The van der Waals surface area contributed by atoms with Gasteiger partial charge in [-0.05, 0) is 60.7 Å². The van der Waals surface area contributed by atoms with Gasteiger partial charge in [0.05, 0.1) is 21.8 Å². The number of carbonyl (C=O) groups is 2. The fraction of sp³-hybridized carbons (Fsp3) is 0.222. The van der Waals surface area contributed by atoms with Crippen molar-refractivity contribution in [3.8, 4) is 11.1 Å². The molecule has 0 radical (unpaired) electrons. The molecule has 1 aliphatic rings. The molecule has 1 aromatic heterocycles. The van der Waals surface area contributed by atoms with Gasteiger partial charge in [-0.3, -0.25) is 9.59 Å². The van der Waals surface area contributed by atoms with Gasteiger partial charge in [0.2, 0.25) is 0 Å². The number of carbonyl (C=O) groups excluding carboxylic acids is 1. The van der Waals surface area contributed by atoms with Gasteiger partial charge in [-0.1, -0.05) is 54.2 Å². The summed E-state index contributed by atoms with van der Waals surface area (Å²) in [6.45, 7) is 2.02. The predicted octanol–water partition coefficient (Wildman–Crippen LogP) is 6.84. The highest BCUT2D eigenvalue weighted by molar-refractivity contribution is 7.22. The number of hydrogen-bond donors (Lipinski definition) is 2. The molecular weight excluding hydrogens is 451 g/mol. The lowest BCUT2D eigenvalue weighted by Gasteiger charge is -2.15. The number of benzene rings is 3. The van der Waals surface area contributed by atoms with E-state index in [9.17, 15) is 19.1 Å². The van der Waals surface area contributed by atoms with Gasteiger partial charge in [-0.25, -0.2) is 9.37 Å². The summed E-state index contributed by atoms with van der Waals surface area (Å²) in [6, 6.07) is 17.9. The first-order chi connectivity index (χ1) is 16.4. The van der Waals surface area contributed by atoms with Gasteiger partial charge in [0.15, 0.2) is 10.9 Å². The van der Waals surface area contributed by atoms with Crippen molar-refractivity contribution in [3.63, 3.8) is 0 Å². The lowest BCUT2D eigenvalue weighted by atomic mass is 9.88. The number of halogens is 1. The highest BCUT2D eigenvalue weighted by atomic mass is 32.1. The number of thiazole rings is 1. The van der Waals surface area contributed by atoms with Crippen LogP contribution in [0.5, 0.6) is 0 Å². The Morgan fingerprint density at radius 2 is 1.74 bits per heavy atom. The lowest BCUT2D eigenvalue weighted by Crippen LogP contribution is -2.25. The van der Waals surface area contributed by atoms with Crippen LogP contribution >= 0.6 is 11.3 Å². The molecule has 2 atom stereocenters. The summed E-state index contributed by atoms with van der Waals surface area (Å²) in [4.78, 5) is 28.8. The number of carboxylic acid groups (broad SMARTS) is 1. The van der Waals surface area contributed by atoms with E-state index in [0.29, 0.717) is 34.8 Å². The number of hydrogen-bond acceptors (Lipinski definition) is 5. The molecule has 0 aliphatic heterocycles. The molecule has 5 rings (SSSR count). The summed E-state index contributed by atoms with van der Waals surface area (Å²) in [5, 5.41) is 13.1. The first kappa shape index (κ1) is 22.2. The van der Waals surface area contributed by atoms with Gasteiger partial charge >= 0.3 is 5.97 Å². The highest BCUT2D eigenvalue weighted by Gasteiger charge is 2.37. The second kappa shape index (κ2) is 8.99. The number of nitrogens with zero attached hydrogens (tertiary/aromatic N) is 1. The van der Waals surface area contributed by atoms with E-state index in [1.54, 1.807) is 30.3 Å². The minimum atomic E-state index is -0.905. The van der Waals surface area contributed by atoms with Crippen LogP contribution in [0, 0.1) is 24.6 Å². The molecule has 172 valence electrons. The maximum absolute atomic E-state index is 14.9. The number of carboxylic acids is 1. The summed E-state index contributed by atoms with van der Waals surface area (Å²) in [5.41, 5.74) is 4.32. The Morgan fingerprint density at radius 1 is 1.00 bits per heavy atom. The third kappa shape index (κ3) is 4.31. The fourth-order valence-electron chi connectivity index (χ4n) is 4.61. The zero-order chi connectivity index (χ0) is 23.8. The molecule has 4 aromatic rings. The van der Waals surface area contributed by atoms with Crippen LogP contribution in [0.3, 0.4) is 0 Å². The van der Waals surface area contributed by atoms with Crippen LogP contribution in [0.15, 0.2) is 60.7 Å². The van der Waals surface area contributed by atoms with Gasteiger partial charge in [-0.15, -0.1) is 0 Å². The van der Waals surface area contributed by atoms with E-state index >= 15 is 0 Å². The van der Waals surface area contributed by atoms with Gasteiger partial charge in [-0.2, -0.15) is 0 Å². The molecule has 34 heavy (non-hydrogen) atoms. The van der Waals surface area contributed by atoms with Crippen LogP contribution in [0.25, 0.3) is 21.3 Å². The van der Waals surface area contributed by atoms with E-state index < -0.39 is 23.6 Å². The third-order valence-electron chi connectivity index (χ3n) is 6.43. The molecule has 1 aliphatic carbocycles. The Kier molecular flexibility index (Phi) is 5.87. The third-order valence-corrected chi connectivity index (χ3v) is 7.36. The average Bonchev–Trinajstić information content (AvgIpc) is 3.47. The van der Waals surface area contributed by atoms with Gasteiger partial charge < -0.3 is 10.4 Å². The number of Topliss-reactive ketones (excluding diaryl/α,β-unsaturated/α-hetero) is 1. The molecule has 7 heteroatoms.